The van der Waals surface area contributed by atoms with Crippen LogP contribution in [0.2, 0.25) is 0 Å². The molecule has 1 N–H and O–H groups in total. The number of hydrogen-bond acceptors (Lipinski definition) is 5. The molecule has 0 aliphatic heterocycles. The van der Waals surface area contributed by atoms with E-state index in [1.165, 1.54) is 13.3 Å². The molecule has 2 rings (SSSR count). The molecule has 0 amide bonds. The number of rotatable bonds is 4. The van der Waals surface area contributed by atoms with Crippen LogP contribution in [0.4, 0.5) is 0 Å². The van der Waals surface area contributed by atoms with Gasteiger partial charge in [-0.1, -0.05) is 39.1 Å². The van der Waals surface area contributed by atoms with Gasteiger partial charge in [-0.05, 0) is 24.1 Å². The van der Waals surface area contributed by atoms with Crippen LogP contribution in [0.5, 0.6) is 0 Å². The number of hydrogen-bond donors (Lipinski definition) is 1. The maximum Gasteiger partial charge on any atom is 0.357 e. The van der Waals surface area contributed by atoms with Gasteiger partial charge in [-0.25, -0.2) is 19.6 Å². The number of ether oxygens (including phenoxy) is 1. The van der Waals surface area contributed by atoms with Crippen LogP contribution in [0.25, 0.3) is 6.08 Å². The van der Waals surface area contributed by atoms with Crippen LogP contribution < -0.4 is 0 Å². The molecule has 0 spiro atoms. The third-order valence-electron chi connectivity index (χ3n) is 2.91. The molecule has 2 aromatic heterocycles. The Morgan fingerprint density at radius 3 is 2.25 bits per heavy atom. The standard InChI is InChI=1S/C9H9NO2.C8H9NO2.CH4/c1-3-7-5-4-6-10-8(7)9(11)12-2;1-2-6-4-3-5-9-7(6)8(10)11;/h3-6H,1H2,2H3;3-5H,2H2,1H3,(H,10,11);1H4. The van der Waals surface area contributed by atoms with Crippen molar-refractivity contribution < 1.29 is 19.4 Å². The first-order valence-corrected chi connectivity index (χ1v) is 6.88. The van der Waals surface area contributed by atoms with Crippen LogP contribution in [-0.4, -0.2) is 34.1 Å². The molecule has 0 unspecified atom stereocenters. The molecule has 0 aliphatic rings. The fourth-order valence-electron chi connectivity index (χ4n) is 1.77. The molecule has 24 heavy (non-hydrogen) atoms. The smallest absolute Gasteiger partial charge is 0.357 e. The number of methoxy groups -OCH3 is 1. The highest BCUT2D eigenvalue weighted by atomic mass is 16.5. The maximum atomic E-state index is 11.1. The molecule has 0 aromatic carbocycles. The lowest BCUT2D eigenvalue weighted by Gasteiger charge is -2.00. The third kappa shape index (κ3) is 5.64. The van der Waals surface area contributed by atoms with E-state index in [9.17, 15) is 9.59 Å². The minimum Gasteiger partial charge on any atom is -0.477 e. The number of pyridine rings is 2. The fourth-order valence-corrected chi connectivity index (χ4v) is 1.77. The highest BCUT2D eigenvalue weighted by Crippen LogP contribution is 2.07. The van der Waals surface area contributed by atoms with Gasteiger partial charge in [0, 0.05) is 18.0 Å². The van der Waals surface area contributed by atoms with E-state index < -0.39 is 11.9 Å². The summed E-state index contributed by atoms with van der Waals surface area (Å²) >= 11 is 0. The Labute approximate surface area is 141 Å². The van der Waals surface area contributed by atoms with Gasteiger partial charge in [-0.3, -0.25) is 0 Å². The van der Waals surface area contributed by atoms with Crippen LogP contribution in [0.3, 0.4) is 0 Å². The normalized spacial score (nSPS) is 8.92. The first kappa shape index (κ1) is 21.0. The summed E-state index contributed by atoms with van der Waals surface area (Å²) in [5.74, 6) is -1.40. The second kappa shape index (κ2) is 10.7. The lowest BCUT2D eigenvalue weighted by atomic mass is 10.1. The highest BCUT2D eigenvalue weighted by molar-refractivity contribution is 5.91. The topological polar surface area (TPSA) is 89.4 Å². The monoisotopic (exact) mass is 330 g/mol. The first-order valence-electron chi connectivity index (χ1n) is 6.88. The molecule has 6 heteroatoms. The van der Waals surface area contributed by atoms with E-state index >= 15 is 0 Å². The van der Waals surface area contributed by atoms with Crippen molar-refractivity contribution in [3.8, 4) is 0 Å². The number of esters is 1. The lowest BCUT2D eigenvalue weighted by Crippen LogP contribution is -2.05. The molecule has 0 saturated heterocycles. The van der Waals surface area contributed by atoms with Crippen molar-refractivity contribution in [3.05, 3.63) is 65.8 Å². The average molecular weight is 330 g/mol. The molecule has 0 radical (unpaired) electrons. The number of carboxylic acids is 1. The van der Waals surface area contributed by atoms with E-state index in [0.717, 1.165) is 5.56 Å². The zero-order valence-electron chi connectivity index (χ0n) is 13.0. The van der Waals surface area contributed by atoms with Crippen LogP contribution in [0.15, 0.2) is 43.2 Å². The molecule has 0 atom stereocenters. The quantitative estimate of drug-likeness (QED) is 0.863. The minimum absolute atomic E-state index is 0. The van der Waals surface area contributed by atoms with Crippen LogP contribution in [-0.2, 0) is 11.2 Å². The third-order valence-corrected chi connectivity index (χ3v) is 2.91. The predicted molar refractivity (Wildman–Crippen MR) is 93.0 cm³/mol. The molecule has 0 fully saturated rings. The molecule has 2 aromatic rings. The zero-order valence-corrected chi connectivity index (χ0v) is 13.0. The second-order valence-electron chi connectivity index (χ2n) is 4.31. The Balaban J connectivity index is 0.000000425. The van der Waals surface area contributed by atoms with Crippen LogP contribution >= 0.6 is 0 Å². The van der Waals surface area contributed by atoms with Gasteiger partial charge in [0.2, 0.25) is 0 Å². The summed E-state index contributed by atoms with van der Waals surface area (Å²) in [4.78, 5) is 29.2. The molecule has 128 valence electrons. The van der Waals surface area contributed by atoms with Crippen molar-refractivity contribution in [2.75, 3.05) is 7.11 Å². The maximum absolute atomic E-state index is 11.1. The van der Waals surface area contributed by atoms with Crippen molar-refractivity contribution in [1.82, 2.24) is 9.97 Å². The summed E-state index contributed by atoms with van der Waals surface area (Å²) < 4.78 is 4.53. The largest absolute Gasteiger partial charge is 0.477 e. The number of aryl methyl sites for hydroxylation is 1. The van der Waals surface area contributed by atoms with Gasteiger partial charge >= 0.3 is 11.9 Å². The Morgan fingerprint density at radius 2 is 1.79 bits per heavy atom. The first-order chi connectivity index (χ1) is 11.0. The Bertz CT molecular complexity index is 699. The van der Waals surface area contributed by atoms with E-state index in [2.05, 4.69) is 21.3 Å². The fraction of sp³-hybridized carbons (Fsp3) is 0.222. The van der Waals surface area contributed by atoms with E-state index in [1.807, 2.05) is 6.92 Å². The molecule has 6 nitrogen and oxygen atoms in total. The van der Waals surface area contributed by atoms with Crippen LogP contribution in [0.1, 0.15) is 46.5 Å². The number of carbonyl (C=O) groups is 2. The average Bonchev–Trinajstić information content (AvgIpc) is 2.61. The summed E-state index contributed by atoms with van der Waals surface area (Å²) in [7, 11) is 1.32. The van der Waals surface area contributed by atoms with Crippen LogP contribution in [0, 0.1) is 0 Å². The summed E-state index contributed by atoms with van der Waals surface area (Å²) in [6.07, 6.45) is 5.30. The van der Waals surface area contributed by atoms with Gasteiger partial charge in [-0.2, -0.15) is 0 Å². The van der Waals surface area contributed by atoms with Crippen molar-refractivity contribution in [2.45, 2.75) is 20.8 Å². The second-order valence-corrected chi connectivity index (χ2v) is 4.31. The van der Waals surface area contributed by atoms with Crippen molar-refractivity contribution >= 4 is 18.0 Å². The number of aromatic carboxylic acids is 1. The van der Waals surface area contributed by atoms with E-state index in [1.54, 1.807) is 36.5 Å². The Hall–Kier alpha value is -3.02. The van der Waals surface area contributed by atoms with Crippen molar-refractivity contribution in [2.24, 2.45) is 0 Å². The molecular formula is C18H22N2O4. The SMILES string of the molecule is C.C=Cc1cccnc1C(=O)OC.CCc1cccnc1C(=O)O. The Kier molecular flexibility index (Phi) is 9.32. The Morgan fingerprint density at radius 1 is 1.21 bits per heavy atom. The van der Waals surface area contributed by atoms with Crippen molar-refractivity contribution in [3.63, 3.8) is 0 Å². The van der Waals surface area contributed by atoms with Gasteiger partial charge in [0.05, 0.1) is 7.11 Å². The minimum atomic E-state index is -0.956. The van der Waals surface area contributed by atoms with Gasteiger partial charge < -0.3 is 9.84 Å². The summed E-state index contributed by atoms with van der Waals surface area (Å²) in [5.41, 5.74) is 1.93. The summed E-state index contributed by atoms with van der Waals surface area (Å²) in [6.45, 7) is 5.47. The predicted octanol–water partition coefficient (Wildman–Crippen LogP) is 3.49. The molecular weight excluding hydrogens is 308 g/mol. The molecule has 0 aliphatic carbocycles. The van der Waals surface area contributed by atoms with E-state index in [4.69, 9.17) is 5.11 Å². The molecule has 2 heterocycles. The lowest BCUT2D eigenvalue weighted by molar-refractivity contribution is 0.0593. The van der Waals surface area contributed by atoms with Crippen molar-refractivity contribution in [1.29, 1.82) is 0 Å². The van der Waals surface area contributed by atoms with Gasteiger partial charge in [0.25, 0.3) is 0 Å². The van der Waals surface area contributed by atoms with Gasteiger partial charge in [-0.15, -0.1) is 0 Å². The number of nitrogens with zero attached hydrogens (tertiary/aromatic N) is 2. The number of carboxylic acid groups (broad SMARTS) is 1. The molecule has 0 saturated carbocycles. The number of carbonyl (C=O) groups excluding carboxylic acids is 1. The van der Waals surface area contributed by atoms with E-state index in [-0.39, 0.29) is 13.1 Å². The zero-order chi connectivity index (χ0) is 17.2. The summed E-state index contributed by atoms with van der Waals surface area (Å²) in [6, 6.07) is 7.01. The molecule has 0 bridgehead atoms. The van der Waals surface area contributed by atoms with Gasteiger partial charge in [0.15, 0.2) is 11.4 Å². The van der Waals surface area contributed by atoms with Gasteiger partial charge in [0.1, 0.15) is 0 Å². The highest BCUT2D eigenvalue weighted by Gasteiger charge is 2.09. The number of aromatic nitrogens is 2. The summed E-state index contributed by atoms with van der Waals surface area (Å²) in [5, 5.41) is 8.63. The van der Waals surface area contributed by atoms with E-state index in [0.29, 0.717) is 17.7 Å².